The Labute approximate surface area is 117 Å². The third-order valence-corrected chi connectivity index (χ3v) is 4.09. The number of nitrogens with one attached hydrogen (secondary N) is 1. The minimum atomic E-state index is -0.249. The highest BCUT2D eigenvalue weighted by atomic mass is 16.5. The number of benzene rings is 1. The molecule has 4 heteroatoms. The second-order valence-corrected chi connectivity index (χ2v) is 5.76. The molecule has 1 fully saturated rings. The molecule has 0 aliphatic heterocycles. The summed E-state index contributed by atoms with van der Waals surface area (Å²) in [5, 5.41) is 1.57. The quantitative estimate of drug-likeness (QED) is 0.902. The van der Waals surface area contributed by atoms with Gasteiger partial charge in [0.15, 0.2) is 5.88 Å². The summed E-state index contributed by atoms with van der Waals surface area (Å²) in [6, 6.07) is 9.36. The Kier molecular flexibility index (Phi) is 3.49. The van der Waals surface area contributed by atoms with Crippen LogP contribution < -0.4 is 16.0 Å². The lowest BCUT2D eigenvalue weighted by Crippen LogP contribution is -2.47. The van der Waals surface area contributed by atoms with E-state index in [0.29, 0.717) is 17.9 Å². The zero-order valence-corrected chi connectivity index (χ0v) is 11.5. The summed E-state index contributed by atoms with van der Waals surface area (Å²) in [6.07, 6.45) is 5.56. The van der Waals surface area contributed by atoms with Gasteiger partial charge in [-0.1, -0.05) is 37.5 Å². The van der Waals surface area contributed by atoms with Gasteiger partial charge >= 0.3 is 0 Å². The molecule has 3 N–H and O–H groups in total. The molecule has 106 valence electrons. The van der Waals surface area contributed by atoms with Crippen LogP contribution in [0.15, 0.2) is 35.1 Å². The van der Waals surface area contributed by atoms with Gasteiger partial charge in [-0.25, -0.2) is 0 Å². The fourth-order valence-electron chi connectivity index (χ4n) is 2.89. The second-order valence-electron chi connectivity index (χ2n) is 5.76. The molecule has 0 amide bonds. The van der Waals surface area contributed by atoms with E-state index in [1.54, 1.807) is 0 Å². The standard InChI is InChI=1S/C16H20N2O2/c17-16(8-4-1-5-9-16)11-20-14-10-12-6-2-3-7-13(12)15(19)18-14/h2-3,6-7,10H,1,4-5,8-9,11,17H2,(H,18,19). The summed E-state index contributed by atoms with van der Waals surface area (Å²) in [4.78, 5) is 14.7. The van der Waals surface area contributed by atoms with Crippen LogP contribution in [0.1, 0.15) is 32.1 Å². The van der Waals surface area contributed by atoms with Crippen LogP contribution >= 0.6 is 0 Å². The van der Waals surface area contributed by atoms with Crippen LogP contribution in [0.4, 0.5) is 0 Å². The second kappa shape index (κ2) is 5.29. The van der Waals surface area contributed by atoms with Gasteiger partial charge in [0.2, 0.25) is 0 Å². The summed E-state index contributed by atoms with van der Waals surface area (Å²) in [5.41, 5.74) is 5.97. The Bertz CT molecular complexity index is 657. The van der Waals surface area contributed by atoms with E-state index in [1.165, 1.54) is 6.42 Å². The van der Waals surface area contributed by atoms with E-state index in [1.807, 2.05) is 30.3 Å². The van der Waals surface area contributed by atoms with E-state index in [-0.39, 0.29) is 11.1 Å². The van der Waals surface area contributed by atoms with Gasteiger partial charge in [0, 0.05) is 11.5 Å². The predicted octanol–water partition coefficient (Wildman–Crippen LogP) is 2.57. The Morgan fingerprint density at radius 3 is 2.75 bits per heavy atom. The molecule has 0 radical (unpaired) electrons. The molecular weight excluding hydrogens is 252 g/mol. The number of aromatic nitrogens is 1. The number of hydrogen-bond acceptors (Lipinski definition) is 3. The maximum atomic E-state index is 12.0. The van der Waals surface area contributed by atoms with Crippen molar-refractivity contribution in [2.75, 3.05) is 6.61 Å². The van der Waals surface area contributed by atoms with Gasteiger partial charge in [-0.05, 0) is 24.3 Å². The molecule has 1 heterocycles. The van der Waals surface area contributed by atoms with Gasteiger partial charge in [-0.3, -0.25) is 9.78 Å². The summed E-state index contributed by atoms with van der Waals surface area (Å²) < 4.78 is 5.76. The topological polar surface area (TPSA) is 68.1 Å². The van der Waals surface area contributed by atoms with Crippen molar-refractivity contribution in [2.24, 2.45) is 5.73 Å². The van der Waals surface area contributed by atoms with Gasteiger partial charge in [0.25, 0.3) is 5.56 Å². The van der Waals surface area contributed by atoms with Gasteiger partial charge in [-0.2, -0.15) is 0 Å². The first kappa shape index (κ1) is 13.2. The van der Waals surface area contributed by atoms with Crippen molar-refractivity contribution in [1.29, 1.82) is 0 Å². The molecule has 3 rings (SSSR count). The first-order valence-corrected chi connectivity index (χ1v) is 7.20. The number of rotatable bonds is 3. The summed E-state index contributed by atoms with van der Waals surface area (Å²) >= 11 is 0. The normalized spacial score (nSPS) is 18.1. The molecule has 0 atom stereocenters. The Hall–Kier alpha value is -1.81. The van der Waals surface area contributed by atoms with Crippen molar-refractivity contribution in [3.63, 3.8) is 0 Å². The third-order valence-electron chi connectivity index (χ3n) is 4.09. The molecule has 0 bridgehead atoms. The SMILES string of the molecule is NC1(COc2cc3ccccc3c(=O)[nH]2)CCCCC1. The zero-order valence-electron chi connectivity index (χ0n) is 11.5. The van der Waals surface area contributed by atoms with Gasteiger partial charge in [0.05, 0.1) is 5.54 Å². The third kappa shape index (κ3) is 2.70. The van der Waals surface area contributed by atoms with Crippen molar-refractivity contribution in [3.05, 3.63) is 40.7 Å². The maximum absolute atomic E-state index is 12.0. The Balaban J connectivity index is 1.79. The van der Waals surface area contributed by atoms with Crippen molar-refractivity contribution in [2.45, 2.75) is 37.6 Å². The highest BCUT2D eigenvalue weighted by Gasteiger charge is 2.28. The molecule has 1 aromatic heterocycles. The van der Waals surface area contributed by atoms with E-state index in [0.717, 1.165) is 31.1 Å². The molecule has 4 nitrogen and oxygen atoms in total. The van der Waals surface area contributed by atoms with Gasteiger partial charge in [-0.15, -0.1) is 0 Å². The molecule has 1 aromatic carbocycles. The van der Waals surface area contributed by atoms with Crippen molar-refractivity contribution >= 4 is 10.8 Å². The van der Waals surface area contributed by atoms with Crippen molar-refractivity contribution in [1.82, 2.24) is 4.98 Å². The summed E-state index contributed by atoms with van der Waals surface area (Å²) in [7, 11) is 0. The maximum Gasteiger partial charge on any atom is 0.258 e. The monoisotopic (exact) mass is 272 g/mol. The average Bonchev–Trinajstić information content (AvgIpc) is 2.46. The van der Waals surface area contributed by atoms with Crippen LogP contribution in [0, 0.1) is 0 Å². The number of pyridine rings is 1. The predicted molar refractivity (Wildman–Crippen MR) is 80.1 cm³/mol. The van der Waals surface area contributed by atoms with E-state index in [9.17, 15) is 4.79 Å². The van der Waals surface area contributed by atoms with E-state index in [4.69, 9.17) is 10.5 Å². The first-order valence-electron chi connectivity index (χ1n) is 7.20. The molecule has 2 aromatic rings. The van der Waals surface area contributed by atoms with Crippen molar-refractivity contribution < 1.29 is 4.74 Å². The Morgan fingerprint density at radius 1 is 1.20 bits per heavy atom. The summed E-state index contributed by atoms with van der Waals surface area (Å²) in [6.45, 7) is 0.460. The van der Waals surface area contributed by atoms with Crippen LogP contribution in [-0.4, -0.2) is 17.1 Å². The van der Waals surface area contributed by atoms with E-state index < -0.39 is 0 Å². The molecule has 0 saturated heterocycles. The smallest absolute Gasteiger partial charge is 0.258 e. The molecule has 0 spiro atoms. The lowest BCUT2D eigenvalue weighted by Gasteiger charge is -2.32. The van der Waals surface area contributed by atoms with Crippen LogP contribution in [-0.2, 0) is 0 Å². The highest BCUT2D eigenvalue weighted by molar-refractivity contribution is 5.82. The number of ether oxygens (including phenoxy) is 1. The van der Waals surface area contributed by atoms with E-state index in [2.05, 4.69) is 4.98 Å². The Morgan fingerprint density at radius 2 is 1.95 bits per heavy atom. The summed E-state index contributed by atoms with van der Waals surface area (Å²) in [5.74, 6) is 0.504. The van der Waals surface area contributed by atoms with Crippen LogP contribution in [0.25, 0.3) is 10.8 Å². The lowest BCUT2D eigenvalue weighted by atomic mass is 9.83. The van der Waals surface area contributed by atoms with Crippen LogP contribution in [0.2, 0.25) is 0 Å². The molecule has 20 heavy (non-hydrogen) atoms. The number of fused-ring (bicyclic) bond motifs is 1. The van der Waals surface area contributed by atoms with Crippen molar-refractivity contribution in [3.8, 4) is 5.88 Å². The molecule has 0 unspecified atom stereocenters. The molecule has 1 aliphatic carbocycles. The minimum absolute atomic E-state index is 0.118. The number of H-pyrrole nitrogens is 1. The number of aromatic amines is 1. The van der Waals surface area contributed by atoms with Crippen LogP contribution in [0.3, 0.4) is 0 Å². The molecule has 1 aliphatic rings. The average molecular weight is 272 g/mol. The first-order chi connectivity index (χ1) is 9.66. The van der Waals surface area contributed by atoms with E-state index >= 15 is 0 Å². The highest BCUT2D eigenvalue weighted by Crippen LogP contribution is 2.26. The largest absolute Gasteiger partial charge is 0.477 e. The molecular formula is C16H20N2O2. The fourth-order valence-corrected chi connectivity index (χ4v) is 2.89. The lowest BCUT2D eigenvalue weighted by molar-refractivity contribution is 0.169. The van der Waals surface area contributed by atoms with Gasteiger partial charge in [0.1, 0.15) is 6.61 Å². The molecule has 1 saturated carbocycles. The number of hydrogen-bond donors (Lipinski definition) is 2. The fraction of sp³-hybridized carbons (Fsp3) is 0.438. The van der Waals surface area contributed by atoms with Crippen LogP contribution in [0.5, 0.6) is 5.88 Å². The number of nitrogens with two attached hydrogens (primary N) is 1. The minimum Gasteiger partial charge on any atom is -0.477 e. The van der Waals surface area contributed by atoms with Gasteiger partial charge < -0.3 is 10.5 Å². The zero-order chi connectivity index (χ0) is 14.0.